The summed E-state index contributed by atoms with van der Waals surface area (Å²) in [5.74, 6) is 0.936. The van der Waals surface area contributed by atoms with Crippen molar-refractivity contribution in [2.75, 3.05) is 18.5 Å². The van der Waals surface area contributed by atoms with Gasteiger partial charge in [0, 0.05) is 10.7 Å². The zero-order valence-corrected chi connectivity index (χ0v) is 23.9. The van der Waals surface area contributed by atoms with Crippen LogP contribution in [0.1, 0.15) is 37.9 Å². The van der Waals surface area contributed by atoms with E-state index >= 15 is 0 Å². The van der Waals surface area contributed by atoms with E-state index < -0.39 is 6.04 Å². The molecule has 0 saturated heterocycles. The van der Waals surface area contributed by atoms with Crippen molar-refractivity contribution in [3.8, 4) is 11.5 Å². The summed E-state index contributed by atoms with van der Waals surface area (Å²) in [6.45, 7) is 6.62. The summed E-state index contributed by atoms with van der Waals surface area (Å²) < 4.78 is 13.5. The molecule has 40 heavy (non-hydrogen) atoms. The van der Waals surface area contributed by atoms with E-state index in [0.29, 0.717) is 56.0 Å². The van der Waals surface area contributed by atoms with Crippen LogP contribution in [-0.4, -0.2) is 23.7 Å². The van der Waals surface area contributed by atoms with Crippen molar-refractivity contribution in [1.82, 2.24) is 4.57 Å². The first-order valence-electron chi connectivity index (χ1n) is 12.9. The molecule has 1 amide bonds. The van der Waals surface area contributed by atoms with Crippen molar-refractivity contribution in [2.24, 2.45) is 4.99 Å². The molecule has 2 heterocycles. The van der Waals surface area contributed by atoms with Crippen molar-refractivity contribution >= 4 is 40.6 Å². The van der Waals surface area contributed by atoms with Crippen LogP contribution in [0.25, 0.3) is 6.08 Å². The zero-order chi connectivity index (χ0) is 28.2. The highest BCUT2D eigenvalue weighted by Gasteiger charge is 2.32. The highest BCUT2D eigenvalue weighted by atomic mass is 35.5. The summed E-state index contributed by atoms with van der Waals surface area (Å²) in [5, 5.41) is 3.52. The third-order valence-electron chi connectivity index (χ3n) is 6.35. The van der Waals surface area contributed by atoms with E-state index in [1.54, 1.807) is 23.6 Å². The second-order valence-electron chi connectivity index (χ2n) is 9.03. The number of hydrogen-bond donors (Lipinski definition) is 1. The van der Waals surface area contributed by atoms with Crippen LogP contribution in [0, 0.1) is 0 Å². The number of carbonyl (C=O) groups is 1. The molecule has 1 aliphatic rings. The summed E-state index contributed by atoms with van der Waals surface area (Å²) in [5.41, 5.74) is 2.89. The highest BCUT2D eigenvalue weighted by Crippen LogP contribution is 2.32. The zero-order valence-electron chi connectivity index (χ0n) is 22.3. The van der Waals surface area contributed by atoms with Crippen LogP contribution >= 0.6 is 22.9 Å². The molecular formula is C31H28ClN3O4S. The number of allylic oxidation sites excluding steroid dienone is 1. The fourth-order valence-electron chi connectivity index (χ4n) is 4.60. The van der Waals surface area contributed by atoms with Crippen molar-refractivity contribution in [2.45, 2.75) is 26.8 Å². The molecule has 0 spiro atoms. The molecule has 1 aromatic heterocycles. The van der Waals surface area contributed by atoms with E-state index in [4.69, 9.17) is 26.1 Å². The molecule has 9 heteroatoms. The van der Waals surface area contributed by atoms with E-state index in [-0.39, 0.29) is 11.5 Å². The molecule has 1 atom stereocenters. The Bertz CT molecular complexity index is 1760. The third-order valence-corrected chi connectivity index (χ3v) is 7.58. The summed E-state index contributed by atoms with van der Waals surface area (Å²) >= 11 is 7.45. The van der Waals surface area contributed by atoms with Crippen LogP contribution < -0.4 is 29.7 Å². The smallest absolute Gasteiger partial charge is 0.271 e. The minimum atomic E-state index is -0.682. The first-order chi connectivity index (χ1) is 19.4. The summed E-state index contributed by atoms with van der Waals surface area (Å²) in [6.07, 6.45) is 1.81. The fourth-order valence-corrected chi connectivity index (χ4v) is 5.77. The Morgan fingerprint density at radius 1 is 1.02 bits per heavy atom. The number of aromatic nitrogens is 1. The number of rotatable bonds is 8. The maximum Gasteiger partial charge on any atom is 0.271 e. The van der Waals surface area contributed by atoms with Crippen molar-refractivity contribution in [1.29, 1.82) is 0 Å². The molecule has 4 aromatic rings. The van der Waals surface area contributed by atoms with E-state index in [1.165, 1.54) is 11.3 Å². The van der Waals surface area contributed by atoms with E-state index in [1.807, 2.05) is 80.6 Å². The Kier molecular flexibility index (Phi) is 8.19. The molecule has 0 bridgehead atoms. The number of para-hydroxylation sites is 1. The number of carbonyl (C=O) groups excluding carboxylic acids is 1. The number of nitrogens with one attached hydrogen (secondary N) is 1. The molecule has 1 N–H and O–H groups in total. The number of thiazole rings is 1. The SMILES string of the molecule is CCOc1ccc(/C=c2\sc3n(c2=O)[C@@H](c2ccc(Cl)cc2)C(C(=O)Nc2ccccc2)=C(C)N=3)cc1OCC. The predicted molar refractivity (Wildman–Crippen MR) is 159 cm³/mol. The fraction of sp³-hybridized carbons (Fsp3) is 0.194. The van der Waals surface area contributed by atoms with Crippen LogP contribution in [-0.2, 0) is 4.79 Å². The lowest BCUT2D eigenvalue weighted by Crippen LogP contribution is -2.40. The van der Waals surface area contributed by atoms with Gasteiger partial charge in [-0.1, -0.05) is 59.3 Å². The molecule has 5 rings (SSSR count). The largest absolute Gasteiger partial charge is 0.490 e. The van der Waals surface area contributed by atoms with Gasteiger partial charge in [0.1, 0.15) is 0 Å². The first kappa shape index (κ1) is 27.4. The predicted octanol–water partition coefficient (Wildman–Crippen LogP) is 5.32. The lowest BCUT2D eigenvalue weighted by molar-refractivity contribution is -0.113. The summed E-state index contributed by atoms with van der Waals surface area (Å²) in [4.78, 5) is 32.8. The average Bonchev–Trinajstić information content (AvgIpc) is 3.24. The Balaban J connectivity index is 1.63. The number of anilines is 1. The maximum absolute atomic E-state index is 13.9. The number of hydrogen-bond acceptors (Lipinski definition) is 6. The number of amides is 1. The summed E-state index contributed by atoms with van der Waals surface area (Å²) in [7, 11) is 0. The Hall–Kier alpha value is -4.14. The minimum absolute atomic E-state index is 0.243. The van der Waals surface area contributed by atoms with Crippen LogP contribution in [0.15, 0.2) is 93.9 Å². The van der Waals surface area contributed by atoms with Gasteiger partial charge in [0.2, 0.25) is 0 Å². The van der Waals surface area contributed by atoms with Crippen molar-refractivity contribution < 1.29 is 14.3 Å². The van der Waals surface area contributed by atoms with Crippen LogP contribution in [0.5, 0.6) is 11.5 Å². The van der Waals surface area contributed by atoms with Gasteiger partial charge in [-0.15, -0.1) is 0 Å². The quantitative estimate of drug-likeness (QED) is 0.309. The molecule has 204 valence electrons. The van der Waals surface area contributed by atoms with E-state index in [2.05, 4.69) is 5.32 Å². The van der Waals surface area contributed by atoms with Gasteiger partial charge in [-0.25, -0.2) is 4.99 Å². The second-order valence-corrected chi connectivity index (χ2v) is 10.5. The molecule has 0 fully saturated rings. The van der Waals surface area contributed by atoms with Gasteiger partial charge in [-0.2, -0.15) is 0 Å². The summed E-state index contributed by atoms with van der Waals surface area (Å²) in [6, 6.07) is 21.3. The number of fused-ring (bicyclic) bond motifs is 1. The molecule has 3 aromatic carbocycles. The molecule has 0 unspecified atom stereocenters. The highest BCUT2D eigenvalue weighted by molar-refractivity contribution is 7.07. The Morgan fingerprint density at radius 2 is 1.73 bits per heavy atom. The van der Waals surface area contributed by atoms with Gasteiger partial charge in [0.25, 0.3) is 11.5 Å². The maximum atomic E-state index is 13.9. The molecule has 0 aliphatic carbocycles. The van der Waals surface area contributed by atoms with Gasteiger partial charge in [-0.05, 0) is 74.4 Å². The topological polar surface area (TPSA) is 81.9 Å². The van der Waals surface area contributed by atoms with Gasteiger partial charge >= 0.3 is 0 Å². The van der Waals surface area contributed by atoms with Gasteiger partial charge in [0.05, 0.1) is 35.1 Å². The number of benzene rings is 3. The van der Waals surface area contributed by atoms with Gasteiger partial charge < -0.3 is 14.8 Å². The number of halogens is 1. The molecular weight excluding hydrogens is 546 g/mol. The van der Waals surface area contributed by atoms with Crippen molar-refractivity contribution in [3.63, 3.8) is 0 Å². The van der Waals surface area contributed by atoms with E-state index in [0.717, 1.165) is 11.1 Å². The molecule has 0 saturated carbocycles. The molecule has 1 aliphatic heterocycles. The molecule has 7 nitrogen and oxygen atoms in total. The van der Waals surface area contributed by atoms with Crippen LogP contribution in [0.3, 0.4) is 0 Å². The second kappa shape index (κ2) is 11.9. The number of nitrogens with zero attached hydrogens (tertiary/aromatic N) is 2. The first-order valence-corrected chi connectivity index (χ1v) is 14.1. The molecule has 0 radical (unpaired) electrons. The lowest BCUT2D eigenvalue weighted by atomic mass is 9.95. The van der Waals surface area contributed by atoms with Crippen LogP contribution in [0.2, 0.25) is 5.02 Å². The lowest BCUT2D eigenvalue weighted by Gasteiger charge is -2.25. The third kappa shape index (κ3) is 5.59. The Labute approximate surface area is 240 Å². The van der Waals surface area contributed by atoms with Gasteiger partial charge in [-0.3, -0.25) is 14.2 Å². The normalized spacial score (nSPS) is 14.9. The standard InChI is InChI=1S/C31H28ClN3O4S/c1-4-38-24-16-11-20(17-25(24)39-5-2)18-26-30(37)35-28(21-12-14-22(32)15-13-21)27(19(3)33-31(35)40-26)29(36)34-23-9-7-6-8-10-23/h6-18,28H,4-5H2,1-3H3,(H,34,36)/b26-18-/t28-/m0/s1. The van der Waals surface area contributed by atoms with Crippen LogP contribution in [0.4, 0.5) is 5.69 Å². The Morgan fingerprint density at radius 3 is 2.42 bits per heavy atom. The van der Waals surface area contributed by atoms with Crippen molar-refractivity contribution in [3.05, 3.63) is 120 Å². The number of ether oxygens (including phenoxy) is 2. The minimum Gasteiger partial charge on any atom is -0.490 e. The van der Waals surface area contributed by atoms with Gasteiger partial charge in [0.15, 0.2) is 16.3 Å². The van der Waals surface area contributed by atoms with E-state index in [9.17, 15) is 9.59 Å². The monoisotopic (exact) mass is 573 g/mol. The average molecular weight is 574 g/mol.